The maximum atomic E-state index is 13.8. The monoisotopic (exact) mass is 438 g/mol. The van der Waals surface area contributed by atoms with Crippen LogP contribution < -0.4 is 9.47 Å². The number of fused-ring (bicyclic) bond motifs is 7. The van der Waals surface area contributed by atoms with E-state index < -0.39 is 0 Å². The summed E-state index contributed by atoms with van der Waals surface area (Å²) in [6.45, 7) is 2.78. The Morgan fingerprint density at radius 2 is 1.79 bits per heavy atom. The summed E-state index contributed by atoms with van der Waals surface area (Å²) in [7, 11) is 3.19. The number of hydrogen-bond donors (Lipinski definition) is 1. The molecular formula is C28H26N2O3. The predicted octanol–water partition coefficient (Wildman–Crippen LogP) is 5.44. The van der Waals surface area contributed by atoms with Gasteiger partial charge in [0, 0.05) is 29.1 Å². The highest BCUT2D eigenvalue weighted by atomic mass is 16.5. The van der Waals surface area contributed by atoms with E-state index in [0.717, 1.165) is 23.2 Å². The molecule has 4 aromatic rings. The second-order valence-electron chi connectivity index (χ2n) is 8.77. The molecule has 0 fully saturated rings. The van der Waals surface area contributed by atoms with Gasteiger partial charge in [-0.25, -0.2) is 0 Å². The summed E-state index contributed by atoms with van der Waals surface area (Å²) in [5.41, 5.74) is 7.58. The molecule has 5 heteroatoms. The molecule has 3 heterocycles. The second-order valence-corrected chi connectivity index (χ2v) is 8.77. The maximum absolute atomic E-state index is 13.8. The Morgan fingerprint density at radius 1 is 1.00 bits per heavy atom. The van der Waals surface area contributed by atoms with Crippen molar-refractivity contribution in [2.75, 3.05) is 20.8 Å². The van der Waals surface area contributed by atoms with Crippen LogP contribution in [0.3, 0.4) is 0 Å². The van der Waals surface area contributed by atoms with E-state index in [0.29, 0.717) is 23.6 Å². The van der Waals surface area contributed by atoms with Gasteiger partial charge in [0.05, 0.1) is 25.8 Å². The number of rotatable bonds is 4. The van der Waals surface area contributed by atoms with Crippen LogP contribution in [0.15, 0.2) is 60.7 Å². The summed E-state index contributed by atoms with van der Waals surface area (Å²) in [4.78, 5) is 19.4. The molecule has 0 unspecified atom stereocenters. The smallest absolute Gasteiger partial charge is 0.259 e. The van der Waals surface area contributed by atoms with Gasteiger partial charge in [-0.2, -0.15) is 0 Å². The fraction of sp³-hybridized carbons (Fsp3) is 0.250. The molecule has 6 rings (SSSR count). The third-order valence-electron chi connectivity index (χ3n) is 7.23. The number of benzene rings is 3. The fourth-order valence-electron chi connectivity index (χ4n) is 5.64. The molecule has 1 N–H and O–H groups in total. The van der Waals surface area contributed by atoms with E-state index in [1.165, 1.54) is 22.1 Å². The molecule has 1 aromatic heterocycles. The lowest BCUT2D eigenvalue weighted by molar-refractivity contribution is 0.0725. The third-order valence-corrected chi connectivity index (χ3v) is 7.23. The van der Waals surface area contributed by atoms with Crippen LogP contribution in [0, 0.1) is 0 Å². The van der Waals surface area contributed by atoms with E-state index in [9.17, 15) is 4.79 Å². The first kappa shape index (κ1) is 19.9. The molecule has 0 saturated carbocycles. The highest BCUT2D eigenvalue weighted by Gasteiger charge is 2.47. The van der Waals surface area contributed by atoms with Crippen molar-refractivity contribution in [1.82, 2.24) is 9.88 Å². The lowest BCUT2D eigenvalue weighted by Gasteiger charge is -2.36. The number of aromatic nitrogens is 1. The summed E-state index contributed by atoms with van der Waals surface area (Å²) in [6.07, 6.45) is 1.01. The van der Waals surface area contributed by atoms with E-state index in [2.05, 4.69) is 60.4 Å². The minimum Gasteiger partial charge on any atom is -0.493 e. The number of nitrogens with one attached hydrogen (secondary N) is 1. The van der Waals surface area contributed by atoms with E-state index in [-0.39, 0.29) is 17.9 Å². The van der Waals surface area contributed by atoms with Crippen LogP contribution in [-0.2, 0) is 6.42 Å². The van der Waals surface area contributed by atoms with Crippen molar-refractivity contribution in [2.45, 2.75) is 25.3 Å². The molecule has 166 valence electrons. The Morgan fingerprint density at radius 3 is 2.52 bits per heavy atom. The SMILES string of the molecule is CCc1ccc([C@H]2CN3C(=O)c4c(ccc(OC)c4OC)[C@H]3c3[nH]c4ccccc4c32)cc1. The molecule has 5 nitrogen and oxygen atoms in total. The molecule has 33 heavy (non-hydrogen) atoms. The zero-order valence-electron chi connectivity index (χ0n) is 19.0. The topological polar surface area (TPSA) is 54.6 Å². The minimum atomic E-state index is -0.166. The highest BCUT2D eigenvalue weighted by molar-refractivity contribution is 6.04. The Labute approximate surface area is 192 Å². The van der Waals surface area contributed by atoms with Crippen molar-refractivity contribution in [3.8, 4) is 11.5 Å². The van der Waals surface area contributed by atoms with Crippen LogP contribution in [0.2, 0.25) is 0 Å². The van der Waals surface area contributed by atoms with Gasteiger partial charge in [0.1, 0.15) is 0 Å². The molecule has 0 radical (unpaired) electrons. The Hall–Kier alpha value is -3.73. The molecule has 3 aromatic carbocycles. The van der Waals surface area contributed by atoms with Crippen LogP contribution in [0.4, 0.5) is 0 Å². The van der Waals surface area contributed by atoms with Crippen molar-refractivity contribution in [1.29, 1.82) is 0 Å². The first-order valence-corrected chi connectivity index (χ1v) is 11.4. The summed E-state index contributed by atoms with van der Waals surface area (Å²) in [5.74, 6) is 1.17. The van der Waals surface area contributed by atoms with Gasteiger partial charge in [0.25, 0.3) is 5.91 Å². The Balaban J connectivity index is 1.59. The van der Waals surface area contributed by atoms with Gasteiger partial charge in [0.2, 0.25) is 0 Å². The zero-order chi connectivity index (χ0) is 22.7. The number of carbonyl (C=O) groups is 1. The first-order valence-electron chi connectivity index (χ1n) is 11.4. The van der Waals surface area contributed by atoms with E-state index in [1.54, 1.807) is 14.2 Å². The molecule has 0 aliphatic carbocycles. The average molecular weight is 439 g/mol. The highest BCUT2D eigenvalue weighted by Crippen LogP contribution is 2.52. The molecule has 0 spiro atoms. The van der Waals surface area contributed by atoms with Crippen molar-refractivity contribution in [3.63, 3.8) is 0 Å². The molecule has 2 atom stereocenters. The quantitative estimate of drug-likeness (QED) is 0.462. The normalized spacial score (nSPS) is 18.8. The summed E-state index contributed by atoms with van der Waals surface area (Å²) < 4.78 is 11.1. The van der Waals surface area contributed by atoms with E-state index in [4.69, 9.17) is 9.47 Å². The number of amides is 1. The zero-order valence-corrected chi connectivity index (χ0v) is 19.0. The van der Waals surface area contributed by atoms with Crippen LogP contribution in [0.5, 0.6) is 11.5 Å². The molecular weight excluding hydrogens is 412 g/mol. The van der Waals surface area contributed by atoms with Crippen molar-refractivity contribution in [2.24, 2.45) is 0 Å². The molecule has 0 bridgehead atoms. The van der Waals surface area contributed by atoms with Crippen LogP contribution in [0.1, 0.15) is 57.2 Å². The standard InChI is InChI=1S/C28H26N2O3/c1-4-16-9-11-17(12-10-16)20-15-30-26(25-23(20)18-7-5-6-8-21(18)29-25)19-13-14-22(32-2)27(33-3)24(19)28(30)31/h5-14,20,26,29H,4,15H2,1-3H3/t20-,26+/m1/s1. The molecule has 1 amide bonds. The molecule has 0 saturated heterocycles. The molecule has 2 aliphatic rings. The summed E-state index contributed by atoms with van der Waals surface area (Å²) in [6, 6.07) is 21.0. The van der Waals surface area contributed by atoms with Crippen molar-refractivity contribution in [3.05, 3.63) is 94.2 Å². The number of carbonyl (C=O) groups excluding carboxylic acids is 1. The van der Waals surface area contributed by atoms with Gasteiger partial charge < -0.3 is 19.4 Å². The van der Waals surface area contributed by atoms with E-state index in [1.807, 2.05) is 17.0 Å². The van der Waals surface area contributed by atoms with Gasteiger partial charge in [-0.05, 0) is 40.8 Å². The number of H-pyrrole nitrogens is 1. The molecule has 2 aliphatic heterocycles. The Kier molecular flexibility index (Phi) is 4.47. The Bertz CT molecular complexity index is 1390. The van der Waals surface area contributed by atoms with Gasteiger partial charge in [-0.1, -0.05) is 55.5 Å². The van der Waals surface area contributed by atoms with Crippen LogP contribution in [-0.4, -0.2) is 36.6 Å². The van der Waals surface area contributed by atoms with Crippen molar-refractivity contribution < 1.29 is 14.3 Å². The number of aromatic amines is 1. The number of aryl methyl sites for hydroxylation is 1. The third kappa shape index (κ3) is 2.75. The van der Waals surface area contributed by atoms with Crippen LogP contribution in [0.25, 0.3) is 10.9 Å². The van der Waals surface area contributed by atoms with E-state index >= 15 is 0 Å². The maximum Gasteiger partial charge on any atom is 0.259 e. The fourth-order valence-corrected chi connectivity index (χ4v) is 5.64. The number of methoxy groups -OCH3 is 2. The van der Waals surface area contributed by atoms with Gasteiger partial charge >= 0.3 is 0 Å². The average Bonchev–Trinajstić information content (AvgIpc) is 3.39. The second kappa shape index (κ2) is 7.41. The first-order chi connectivity index (χ1) is 16.2. The van der Waals surface area contributed by atoms with Gasteiger partial charge in [-0.3, -0.25) is 4.79 Å². The summed E-state index contributed by atoms with van der Waals surface area (Å²) in [5, 5.41) is 1.22. The van der Waals surface area contributed by atoms with Gasteiger partial charge in [0.15, 0.2) is 11.5 Å². The largest absolute Gasteiger partial charge is 0.493 e. The van der Waals surface area contributed by atoms with Crippen molar-refractivity contribution >= 4 is 16.8 Å². The predicted molar refractivity (Wildman–Crippen MR) is 128 cm³/mol. The number of hydrogen-bond acceptors (Lipinski definition) is 3. The lowest BCUT2D eigenvalue weighted by Crippen LogP contribution is -2.37. The number of nitrogens with zero attached hydrogens (tertiary/aromatic N) is 1. The van der Waals surface area contributed by atoms with Gasteiger partial charge in [-0.15, -0.1) is 0 Å². The van der Waals surface area contributed by atoms with Crippen LogP contribution >= 0.6 is 0 Å². The minimum absolute atomic E-state index is 0.00904. The lowest BCUT2D eigenvalue weighted by atomic mass is 9.82. The number of para-hydroxylation sites is 1. The number of ether oxygens (including phenoxy) is 2. The summed E-state index contributed by atoms with van der Waals surface area (Å²) >= 11 is 0.